The first kappa shape index (κ1) is 25.0. The Kier molecular flexibility index (Phi) is 8.28. The molecule has 9 nitrogen and oxygen atoms in total. The lowest BCUT2D eigenvalue weighted by atomic mass is 10.1. The van der Waals surface area contributed by atoms with Crippen LogP contribution in [0.5, 0.6) is 11.5 Å². The number of nitrogens with one attached hydrogen (secondary N) is 1. The number of hydrogen-bond donors (Lipinski definition) is 2. The second kappa shape index (κ2) is 11.6. The molecule has 1 aromatic carbocycles. The van der Waals surface area contributed by atoms with E-state index in [2.05, 4.69) is 10.2 Å². The quantitative estimate of drug-likeness (QED) is 0.500. The van der Waals surface area contributed by atoms with Crippen LogP contribution in [0.25, 0.3) is 11.3 Å². The number of carboxylic acids is 1. The number of hydrogen-bond acceptors (Lipinski definition) is 6. The van der Waals surface area contributed by atoms with Crippen molar-refractivity contribution in [2.24, 2.45) is 0 Å². The minimum Gasteiger partial charge on any atom is -0.496 e. The van der Waals surface area contributed by atoms with E-state index in [1.807, 2.05) is 22.9 Å². The number of aromatic nitrogens is 2. The molecular formula is C26H36N4O5. The summed E-state index contributed by atoms with van der Waals surface area (Å²) in [5.74, 6) is 0.00633. The molecule has 2 aliphatic rings. The smallest absolute Gasteiger partial charge is 0.305 e. The summed E-state index contributed by atoms with van der Waals surface area (Å²) >= 11 is 0. The summed E-state index contributed by atoms with van der Waals surface area (Å²) in [5.41, 5.74) is 1.80. The van der Waals surface area contributed by atoms with Gasteiger partial charge in [-0.25, -0.2) is 0 Å². The highest BCUT2D eigenvalue weighted by atomic mass is 16.5. The van der Waals surface area contributed by atoms with Crippen LogP contribution in [0.3, 0.4) is 0 Å². The van der Waals surface area contributed by atoms with Crippen LogP contribution in [0.4, 0.5) is 0 Å². The molecule has 190 valence electrons. The zero-order valence-electron chi connectivity index (χ0n) is 20.7. The van der Waals surface area contributed by atoms with Crippen LogP contribution in [0.15, 0.2) is 24.3 Å². The monoisotopic (exact) mass is 484 g/mol. The zero-order valence-corrected chi connectivity index (χ0v) is 20.7. The Bertz CT molecular complexity index is 1000. The van der Waals surface area contributed by atoms with Gasteiger partial charge in [0.25, 0.3) is 5.91 Å². The fourth-order valence-corrected chi connectivity index (χ4v) is 5.26. The SMILES string of the molecule is COc1cccc(OC)c1-c1cc(C(=O)N[C@@H](CCN2CCCC2)CC(=O)O)nn1C1CCCC1. The molecule has 2 heterocycles. The van der Waals surface area contributed by atoms with E-state index in [0.29, 0.717) is 17.9 Å². The summed E-state index contributed by atoms with van der Waals surface area (Å²) in [4.78, 5) is 27.1. The largest absolute Gasteiger partial charge is 0.496 e. The van der Waals surface area contributed by atoms with E-state index in [9.17, 15) is 14.7 Å². The van der Waals surface area contributed by atoms with Crippen molar-refractivity contribution in [2.45, 2.75) is 63.5 Å². The predicted molar refractivity (Wildman–Crippen MR) is 132 cm³/mol. The number of carbonyl (C=O) groups excluding carboxylic acids is 1. The normalized spacial score (nSPS) is 17.4. The number of aliphatic carboxylic acids is 1. The molecule has 1 aliphatic carbocycles. The molecule has 1 amide bonds. The molecule has 1 atom stereocenters. The maximum Gasteiger partial charge on any atom is 0.305 e. The third kappa shape index (κ3) is 5.96. The molecule has 0 unspecified atom stereocenters. The number of rotatable bonds is 11. The zero-order chi connectivity index (χ0) is 24.8. The lowest BCUT2D eigenvalue weighted by Crippen LogP contribution is -2.39. The molecule has 1 aromatic heterocycles. The van der Waals surface area contributed by atoms with E-state index < -0.39 is 12.0 Å². The standard InChI is InChI=1S/C26H36N4O5/c1-34-22-10-7-11-23(35-2)25(22)21-17-20(28-30(21)19-8-3-4-9-19)26(33)27-18(16-24(31)32)12-15-29-13-5-6-14-29/h7,10-11,17-19H,3-6,8-9,12-16H2,1-2H3,(H,27,33)(H,31,32)/t18-/m0/s1. The fraction of sp³-hybridized carbons (Fsp3) is 0.577. The summed E-state index contributed by atoms with van der Waals surface area (Å²) in [6, 6.07) is 7.09. The molecule has 0 spiro atoms. The molecular weight excluding hydrogens is 448 g/mol. The lowest BCUT2D eigenvalue weighted by molar-refractivity contribution is -0.137. The second-order valence-corrected chi connectivity index (χ2v) is 9.44. The fourth-order valence-electron chi connectivity index (χ4n) is 5.26. The van der Waals surface area contributed by atoms with Crippen LogP contribution in [-0.2, 0) is 4.79 Å². The van der Waals surface area contributed by atoms with E-state index in [4.69, 9.17) is 14.6 Å². The van der Waals surface area contributed by atoms with Crippen LogP contribution >= 0.6 is 0 Å². The van der Waals surface area contributed by atoms with Gasteiger partial charge in [0.2, 0.25) is 0 Å². The molecule has 1 saturated carbocycles. The van der Waals surface area contributed by atoms with Crippen molar-refractivity contribution >= 4 is 11.9 Å². The first-order valence-electron chi connectivity index (χ1n) is 12.6. The Balaban J connectivity index is 1.61. The van der Waals surface area contributed by atoms with Gasteiger partial charge < -0.3 is 24.8 Å². The maximum atomic E-state index is 13.3. The van der Waals surface area contributed by atoms with Gasteiger partial charge in [0.05, 0.1) is 37.9 Å². The topological polar surface area (TPSA) is 106 Å². The highest BCUT2D eigenvalue weighted by Gasteiger charge is 2.28. The van der Waals surface area contributed by atoms with Crippen molar-refractivity contribution in [1.29, 1.82) is 0 Å². The first-order chi connectivity index (χ1) is 17.0. The Morgan fingerprint density at radius 3 is 2.37 bits per heavy atom. The number of carbonyl (C=O) groups is 2. The number of ether oxygens (including phenoxy) is 2. The average molecular weight is 485 g/mol. The number of carboxylic acid groups (broad SMARTS) is 1. The predicted octanol–water partition coefficient (Wildman–Crippen LogP) is 3.74. The number of amides is 1. The molecule has 0 radical (unpaired) electrons. The van der Waals surface area contributed by atoms with Crippen LogP contribution in [0, 0.1) is 0 Å². The highest BCUT2D eigenvalue weighted by molar-refractivity contribution is 5.94. The molecule has 2 fully saturated rings. The Morgan fingerprint density at radius 1 is 1.11 bits per heavy atom. The number of methoxy groups -OCH3 is 2. The van der Waals surface area contributed by atoms with Gasteiger partial charge in [0, 0.05) is 12.6 Å². The Morgan fingerprint density at radius 2 is 1.77 bits per heavy atom. The minimum atomic E-state index is -0.923. The van der Waals surface area contributed by atoms with Gasteiger partial charge in [-0.2, -0.15) is 5.10 Å². The lowest BCUT2D eigenvalue weighted by Gasteiger charge is -2.20. The summed E-state index contributed by atoms with van der Waals surface area (Å²) in [6.07, 6.45) is 7.03. The minimum absolute atomic E-state index is 0.115. The van der Waals surface area contributed by atoms with Gasteiger partial charge >= 0.3 is 5.97 Å². The summed E-state index contributed by atoms with van der Waals surface area (Å²) < 4.78 is 13.2. The van der Waals surface area contributed by atoms with Crippen molar-refractivity contribution in [3.8, 4) is 22.8 Å². The van der Waals surface area contributed by atoms with Crippen molar-refractivity contribution in [2.75, 3.05) is 33.9 Å². The number of nitrogens with zero attached hydrogens (tertiary/aromatic N) is 3. The molecule has 1 aliphatic heterocycles. The van der Waals surface area contributed by atoms with Crippen molar-refractivity contribution in [3.63, 3.8) is 0 Å². The molecule has 35 heavy (non-hydrogen) atoms. The summed E-state index contributed by atoms with van der Waals surface area (Å²) in [5, 5.41) is 17.1. The maximum absolute atomic E-state index is 13.3. The molecule has 4 rings (SSSR count). The van der Waals surface area contributed by atoms with Crippen molar-refractivity contribution < 1.29 is 24.2 Å². The van der Waals surface area contributed by atoms with E-state index in [1.165, 1.54) is 12.8 Å². The van der Waals surface area contributed by atoms with Crippen LogP contribution in [-0.4, -0.2) is 71.6 Å². The number of likely N-dealkylation sites (tertiary alicyclic amines) is 1. The van der Waals surface area contributed by atoms with Crippen LogP contribution < -0.4 is 14.8 Å². The van der Waals surface area contributed by atoms with E-state index >= 15 is 0 Å². The van der Waals surface area contributed by atoms with Crippen molar-refractivity contribution in [3.05, 3.63) is 30.0 Å². The van der Waals surface area contributed by atoms with E-state index in [-0.39, 0.29) is 24.1 Å². The molecule has 1 saturated heterocycles. The summed E-state index contributed by atoms with van der Waals surface area (Å²) in [6.45, 7) is 2.84. The Labute approximate surface area is 206 Å². The molecule has 2 N–H and O–H groups in total. The van der Waals surface area contributed by atoms with Gasteiger partial charge in [-0.3, -0.25) is 14.3 Å². The highest BCUT2D eigenvalue weighted by Crippen LogP contribution is 2.41. The Hall–Kier alpha value is -3.07. The third-order valence-electron chi connectivity index (χ3n) is 7.07. The van der Waals surface area contributed by atoms with Crippen molar-refractivity contribution in [1.82, 2.24) is 20.0 Å². The first-order valence-corrected chi connectivity index (χ1v) is 12.6. The van der Waals surface area contributed by atoms with E-state index in [0.717, 1.165) is 56.6 Å². The van der Waals surface area contributed by atoms with Crippen LogP contribution in [0.2, 0.25) is 0 Å². The van der Waals surface area contributed by atoms with Gasteiger partial charge in [0.15, 0.2) is 5.69 Å². The average Bonchev–Trinajstić information content (AvgIpc) is 3.63. The van der Waals surface area contributed by atoms with Gasteiger partial charge in [-0.05, 0) is 63.4 Å². The third-order valence-corrected chi connectivity index (χ3v) is 7.07. The molecule has 2 aromatic rings. The van der Waals surface area contributed by atoms with E-state index in [1.54, 1.807) is 20.3 Å². The summed E-state index contributed by atoms with van der Waals surface area (Å²) in [7, 11) is 3.22. The molecule has 0 bridgehead atoms. The molecule has 9 heteroatoms. The van der Waals surface area contributed by atoms with Gasteiger partial charge in [0.1, 0.15) is 11.5 Å². The van der Waals surface area contributed by atoms with Gasteiger partial charge in [-0.15, -0.1) is 0 Å². The van der Waals surface area contributed by atoms with Gasteiger partial charge in [-0.1, -0.05) is 18.9 Å². The van der Waals surface area contributed by atoms with Crippen LogP contribution in [0.1, 0.15) is 67.9 Å². The second-order valence-electron chi connectivity index (χ2n) is 9.44. The number of benzene rings is 1.